The minimum Gasteiger partial charge on any atom is -0.482 e. The van der Waals surface area contributed by atoms with E-state index in [9.17, 15) is 4.79 Å². The molecule has 0 aliphatic rings. The molecule has 0 atom stereocenters. The smallest absolute Gasteiger partial charge is 0.216 e. The van der Waals surface area contributed by atoms with Crippen molar-refractivity contribution in [1.82, 2.24) is 9.97 Å². The highest BCUT2D eigenvalue weighted by atomic mass is 127. The summed E-state index contributed by atoms with van der Waals surface area (Å²) in [5.74, 6) is 0.463. The second-order valence-corrected chi connectivity index (χ2v) is 5.93. The molecule has 21 heavy (non-hydrogen) atoms. The van der Waals surface area contributed by atoms with E-state index in [-0.39, 0.29) is 12.4 Å². The molecule has 0 bridgehead atoms. The lowest BCUT2D eigenvalue weighted by Gasteiger charge is -2.11. The lowest BCUT2D eigenvalue weighted by Crippen LogP contribution is -2.12. The topological polar surface area (TPSA) is 55.0 Å². The van der Waals surface area contributed by atoms with Gasteiger partial charge in [-0.2, -0.15) is 0 Å². The summed E-state index contributed by atoms with van der Waals surface area (Å²) in [4.78, 5) is 19.2. The molecule has 2 aromatic heterocycles. The van der Waals surface area contributed by atoms with Crippen molar-refractivity contribution >= 4 is 50.9 Å². The molecule has 3 aromatic rings. The molecule has 0 fully saturated rings. The maximum absolute atomic E-state index is 12.0. The van der Waals surface area contributed by atoms with Crippen LogP contribution in [0.5, 0.6) is 5.75 Å². The van der Waals surface area contributed by atoms with Gasteiger partial charge in [-0.25, -0.2) is 0 Å². The molecule has 4 nitrogen and oxygen atoms in total. The molecule has 1 N–H and O–H groups in total. The van der Waals surface area contributed by atoms with Crippen molar-refractivity contribution in [1.29, 1.82) is 0 Å². The second kappa shape index (κ2) is 6.03. The zero-order valence-electron chi connectivity index (χ0n) is 10.8. The van der Waals surface area contributed by atoms with Gasteiger partial charge in [-0.05, 0) is 52.9 Å². The summed E-state index contributed by atoms with van der Waals surface area (Å²) in [6.45, 7) is -0.0518. The van der Waals surface area contributed by atoms with Crippen molar-refractivity contribution in [3.8, 4) is 5.75 Å². The normalized spacial score (nSPS) is 10.8. The molecule has 2 heterocycles. The van der Waals surface area contributed by atoms with E-state index in [1.807, 2.05) is 12.1 Å². The number of H-pyrrole nitrogens is 1. The number of Topliss-reactive ketones (excluding diaryl/α,β-unsaturated/α-hetero) is 1. The average Bonchev–Trinajstić information content (AvgIpc) is 3.01. The average molecular weight is 413 g/mol. The SMILES string of the molecule is O=C(COc1c(I)cc(Cl)c2cccnc12)c1ccc[nH]1. The molecule has 3 rings (SSSR count). The van der Waals surface area contributed by atoms with Crippen molar-refractivity contribution in [2.24, 2.45) is 0 Å². The van der Waals surface area contributed by atoms with Crippen molar-refractivity contribution in [2.45, 2.75) is 0 Å². The Bertz CT molecular complexity index is 803. The first-order chi connectivity index (χ1) is 10.2. The minimum atomic E-state index is -0.116. The number of carbonyl (C=O) groups excluding carboxylic acids is 1. The first kappa shape index (κ1) is 14.3. The van der Waals surface area contributed by atoms with E-state index in [4.69, 9.17) is 16.3 Å². The molecule has 106 valence electrons. The number of pyridine rings is 1. The zero-order chi connectivity index (χ0) is 14.8. The third-order valence-corrected chi connectivity index (χ3v) is 4.11. The van der Waals surface area contributed by atoms with Crippen LogP contribution in [0.1, 0.15) is 10.5 Å². The van der Waals surface area contributed by atoms with E-state index in [1.54, 1.807) is 30.6 Å². The van der Waals surface area contributed by atoms with E-state index >= 15 is 0 Å². The Labute approximate surface area is 139 Å². The lowest BCUT2D eigenvalue weighted by molar-refractivity contribution is 0.0917. The number of nitrogens with one attached hydrogen (secondary N) is 1. The van der Waals surface area contributed by atoms with Crippen molar-refractivity contribution in [3.63, 3.8) is 0 Å². The van der Waals surface area contributed by atoms with E-state index in [0.29, 0.717) is 22.0 Å². The summed E-state index contributed by atoms with van der Waals surface area (Å²) in [5, 5.41) is 1.42. The Morgan fingerprint density at radius 2 is 2.24 bits per heavy atom. The fraction of sp³-hybridized carbons (Fsp3) is 0.0667. The number of nitrogens with zero attached hydrogens (tertiary/aromatic N) is 1. The first-order valence-corrected chi connectivity index (χ1v) is 7.64. The van der Waals surface area contributed by atoms with Gasteiger partial charge in [0.25, 0.3) is 0 Å². The Balaban J connectivity index is 1.92. The zero-order valence-corrected chi connectivity index (χ0v) is 13.7. The predicted octanol–water partition coefficient (Wildman–Crippen LogP) is 4.08. The van der Waals surface area contributed by atoms with Gasteiger partial charge in [0.1, 0.15) is 5.52 Å². The summed E-state index contributed by atoms with van der Waals surface area (Å²) in [5.41, 5.74) is 1.19. The number of carbonyl (C=O) groups is 1. The van der Waals surface area contributed by atoms with E-state index < -0.39 is 0 Å². The quantitative estimate of drug-likeness (QED) is 0.519. The molecular weight excluding hydrogens is 403 g/mol. The molecular formula is C15H10ClIN2O2. The van der Waals surface area contributed by atoms with Gasteiger partial charge >= 0.3 is 0 Å². The van der Waals surface area contributed by atoms with Crippen LogP contribution in [-0.2, 0) is 0 Å². The maximum Gasteiger partial charge on any atom is 0.216 e. The molecule has 0 amide bonds. The number of fused-ring (bicyclic) bond motifs is 1. The van der Waals surface area contributed by atoms with Crippen LogP contribution in [0.4, 0.5) is 0 Å². The molecule has 0 aliphatic carbocycles. The van der Waals surface area contributed by atoms with Crippen LogP contribution in [0.25, 0.3) is 10.9 Å². The fourth-order valence-electron chi connectivity index (χ4n) is 2.00. The Morgan fingerprint density at radius 1 is 1.38 bits per heavy atom. The summed E-state index contributed by atoms with van der Waals surface area (Å²) in [6, 6.07) is 8.99. The van der Waals surface area contributed by atoms with Crippen LogP contribution in [-0.4, -0.2) is 22.4 Å². The number of aromatic nitrogens is 2. The van der Waals surface area contributed by atoms with Crippen molar-refractivity contribution in [3.05, 3.63) is 57.0 Å². The summed E-state index contributed by atoms with van der Waals surface area (Å²) in [6.07, 6.45) is 3.38. The fourth-order valence-corrected chi connectivity index (χ4v) is 3.17. The standard InChI is InChI=1S/C15H10ClIN2O2/c16-10-7-11(17)15(14-9(10)3-1-6-19-14)21-8-13(20)12-4-2-5-18-12/h1-7,18H,8H2. The molecule has 0 spiro atoms. The molecule has 0 saturated carbocycles. The maximum atomic E-state index is 12.0. The van der Waals surface area contributed by atoms with E-state index in [0.717, 1.165) is 8.96 Å². The molecule has 0 radical (unpaired) electrons. The van der Waals surface area contributed by atoms with Crippen LogP contribution < -0.4 is 4.74 Å². The lowest BCUT2D eigenvalue weighted by atomic mass is 10.2. The summed E-state index contributed by atoms with van der Waals surface area (Å²) < 4.78 is 6.51. The van der Waals surface area contributed by atoms with Gasteiger partial charge in [-0.3, -0.25) is 9.78 Å². The van der Waals surface area contributed by atoms with Crippen molar-refractivity contribution in [2.75, 3.05) is 6.61 Å². The molecule has 0 saturated heterocycles. The third-order valence-electron chi connectivity index (χ3n) is 3.00. The van der Waals surface area contributed by atoms with Gasteiger partial charge in [0.2, 0.25) is 5.78 Å². The van der Waals surface area contributed by atoms with Gasteiger partial charge in [0.15, 0.2) is 12.4 Å². The number of hydrogen-bond acceptors (Lipinski definition) is 3. The number of aromatic amines is 1. The Hall–Kier alpha value is -1.60. The van der Waals surface area contributed by atoms with E-state index in [2.05, 4.69) is 32.6 Å². The van der Waals surface area contributed by atoms with Gasteiger partial charge < -0.3 is 9.72 Å². The molecule has 6 heteroatoms. The number of hydrogen-bond donors (Lipinski definition) is 1. The summed E-state index contributed by atoms with van der Waals surface area (Å²) >= 11 is 8.33. The van der Waals surface area contributed by atoms with E-state index in [1.165, 1.54) is 0 Å². The second-order valence-electron chi connectivity index (χ2n) is 4.36. The van der Waals surface area contributed by atoms with Crippen molar-refractivity contribution < 1.29 is 9.53 Å². The first-order valence-electron chi connectivity index (χ1n) is 6.19. The highest BCUT2D eigenvalue weighted by Crippen LogP contribution is 2.34. The van der Waals surface area contributed by atoms with Gasteiger partial charge in [-0.1, -0.05) is 11.6 Å². The number of rotatable bonds is 4. The Kier molecular flexibility index (Phi) is 4.12. The number of halogens is 2. The van der Waals surface area contributed by atoms with Crippen LogP contribution in [0, 0.1) is 3.57 Å². The van der Waals surface area contributed by atoms with Crippen LogP contribution in [0.3, 0.4) is 0 Å². The Morgan fingerprint density at radius 3 is 3.00 bits per heavy atom. The molecule has 1 aromatic carbocycles. The monoisotopic (exact) mass is 412 g/mol. The van der Waals surface area contributed by atoms with Gasteiger partial charge in [-0.15, -0.1) is 0 Å². The number of benzene rings is 1. The largest absolute Gasteiger partial charge is 0.482 e. The number of ketones is 1. The number of ether oxygens (including phenoxy) is 1. The van der Waals surface area contributed by atoms with Crippen LogP contribution in [0.15, 0.2) is 42.7 Å². The van der Waals surface area contributed by atoms with Crippen LogP contribution in [0.2, 0.25) is 5.02 Å². The summed E-state index contributed by atoms with van der Waals surface area (Å²) in [7, 11) is 0. The third kappa shape index (κ3) is 2.89. The van der Waals surface area contributed by atoms with Crippen LogP contribution >= 0.6 is 34.2 Å². The highest BCUT2D eigenvalue weighted by Gasteiger charge is 2.14. The van der Waals surface area contributed by atoms with Gasteiger partial charge in [0.05, 0.1) is 14.3 Å². The van der Waals surface area contributed by atoms with Gasteiger partial charge in [0, 0.05) is 17.8 Å². The minimum absolute atomic E-state index is 0.0518. The predicted molar refractivity (Wildman–Crippen MR) is 90.1 cm³/mol. The molecule has 0 unspecified atom stereocenters. The molecule has 0 aliphatic heterocycles. The highest BCUT2D eigenvalue weighted by molar-refractivity contribution is 14.1.